The zero-order chi connectivity index (χ0) is 34.5. The zero-order valence-corrected chi connectivity index (χ0v) is 27.5. The summed E-state index contributed by atoms with van der Waals surface area (Å²) in [7, 11) is 0. The highest BCUT2D eigenvalue weighted by Gasteiger charge is 2.47. The van der Waals surface area contributed by atoms with E-state index in [9.17, 15) is 27.9 Å². The molecule has 2 amide bonds. The van der Waals surface area contributed by atoms with Crippen molar-refractivity contribution in [1.29, 1.82) is 0 Å². The number of aliphatic hydroxyl groups excluding tert-OH is 1. The Kier molecular flexibility index (Phi) is 11.0. The van der Waals surface area contributed by atoms with E-state index in [4.69, 9.17) is 9.47 Å². The minimum atomic E-state index is -5.03. The first-order valence-electron chi connectivity index (χ1n) is 16.9. The van der Waals surface area contributed by atoms with Gasteiger partial charge in [-0.25, -0.2) is 0 Å². The van der Waals surface area contributed by atoms with Gasteiger partial charge in [0.15, 0.2) is 6.29 Å². The van der Waals surface area contributed by atoms with E-state index < -0.39 is 30.3 Å². The van der Waals surface area contributed by atoms with Crippen LogP contribution in [0.1, 0.15) is 54.4 Å². The second kappa shape index (κ2) is 15.4. The lowest BCUT2D eigenvalue weighted by Gasteiger charge is -2.44. The molecule has 3 fully saturated rings. The Balaban J connectivity index is 1.13. The van der Waals surface area contributed by atoms with Crippen LogP contribution < -0.4 is 5.32 Å². The standard InChI is InChI=1S/C37H43F3N4O5/c1-25-32(23-43-20-18-42(19-21-43)22-26-6-3-2-4-7-26)48-35(49-33(25)28-11-9-27(24-45)10-12-28)29-13-15-30(16-14-29)41-34(46)31-8-5-17-44(31)36(47)37(38,39)40/h2-4,6-7,9-16,25,31-33,35,45H,5,8,17-24H2,1H3,(H,41,46). The number of halogens is 3. The number of hydrogen-bond acceptors (Lipinski definition) is 7. The van der Waals surface area contributed by atoms with Gasteiger partial charge < -0.3 is 24.8 Å². The fourth-order valence-electron chi connectivity index (χ4n) is 6.95. The smallest absolute Gasteiger partial charge is 0.392 e. The molecular weight excluding hydrogens is 637 g/mol. The van der Waals surface area contributed by atoms with E-state index in [-0.39, 0.29) is 37.7 Å². The third kappa shape index (κ3) is 8.50. The molecule has 49 heavy (non-hydrogen) atoms. The van der Waals surface area contributed by atoms with Crippen LogP contribution in [0, 0.1) is 5.92 Å². The van der Waals surface area contributed by atoms with Gasteiger partial charge >= 0.3 is 12.1 Å². The van der Waals surface area contributed by atoms with Crippen molar-refractivity contribution in [3.05, 3.63) is 101 Å². The van der Waals surface area contributed by atoms with Crippen LogP contribution in [0.5, 0.6) is 0 Å². The molecule has 3 aromatic carbocycles. The number of carbonyl (C=O) groups is 2. The summed E-state index contributed by atoms with van der Waals surface area (Å²) in [6.07, 6.45) is -5.69. The van der Waals surface area contributed by atoms with Crippen LogP contribution in [-0.2, 0) is 32.2 Å². The molecule has 9 nitrogen and oxygen atoms in total. The number of ether oxygens (including phenoxy) is 2. The maximum Gasteiger partial charge on any atom is 0.471 e. The van der Waals surface area contributed by atoms with E-state index in [1.165, 1.54) is 5.56 Å². The van der Waals surface area contributed by atoms with Crippen molar-refractivity contribution in [2.45, 2.75) is 63.6 Å². The van der Waals surface area contributed by atoms with Crippen LogP contribution in [0.3, 0.4) is 0 Å². The van der Waals surface area contributed by atoms with Gasteiger partial charge in [-0.3, -0.25) is 19.4 Å². The molecule has 2 N–H and O–H groups in total. The molecule has 12 heteroatoms. The molecule has 3 heterocycles. The quantitative estimate of drug-likeness (QED) is 0.318. The first-order valence-corrected chi connectivity index (χ1v) is 16.9. The van der Waals surface area contributed by atoms with Crippen molar-refractivity contribution < 1.29 is 37.3 Å². The number of nitrogens with one attached hydrogen (secondary N) is 1. The summed E-state index contributed by atoms with van der Waals surface area (Å²) in [5, 5.41) is 12.2. The second-order valence-corrected chi connectivity index (χ2v) is 13.1. The molecule has 5 unspecified atom stereocenters. The number of anilines is 1. The fraction of sp³-hybridized carbons (Fsp3) is 0.459. The Bertz CT molecular complexity index is 1550. The third-order valence-electron chi connectivity index (χ3n) is 9.78. The molecule has 3 aliphatic rings. The monoisotopic (exact) mass is 680 g/mol. The molecule has 3 saturated heterocycles. The van der Waals surface area contributed by atoms with Gasteiger partial charge in [0.25, 0.3) is 0 Å². The van der Waals surface area contributed by atoms with Gasteiger partial charge in [0.05, 0.1) is 18.8 Å². The summed E-state index contributed by atoms with van der Waals surface area (Å²) in [5.74, 6) is -2.63. The molecule has 3 aliphatic heterocycles. The summed E-state index contributed by atoms with van der Waals surface area (Å²) in [4.78, 5) is 30.3. The number of aliphatic hydroxyl groups is 1. The minimum absolute atomic E-state index is 0.0194. The highest BCUT2D eigenvalue weighted by Crippen LogP contribution is 2.42. The highest BCUT2D eigenvalue weighted by molar-refractivity contribution is 5.98. The van der Waals surface area contributed by atoms with Crippen molar-refractivity contribution in [1.82, 2.24) is 14.7 Å². The molecule has 0 aromatic heterocycles. The highest BCUT2D eigenvalue weighted by atomic mass is 19.4. The van der Waals surface area contributed by atoms with Crippen molar-refractivity contribution in [2.24, 2.45) is 5.92 Å². The van der Waals surface area contributed by atoms with E-state index in [0.29, 0.717) is 17.0 Å². The van der Waals surface area contributed by atoms with E-state index in [0.717, 1.165) is 56.0 Å². The molecule has 262 valence electrons. The molecule has 6 rings (SSSR count). The predicted octanol–water partition coefficient (Wildman–Crippen LogP) is 5.28. The topological polar surface area (TPSA) is 94.6 Å². The van der Waals surface area contributed by atoms with Crippen molar-refractivity contribution >= 4 is 17.5 Å². The molecule has 0 bridgehead atoms. The number of piperazine rings is 1. The Labute approximate surface area is 284 Å². The number of alkyl halides is 3. The number of nitrogens with zero attached hydrogens (tertiary/aromatic N) is 3. The predicted molar refractivity (Wildman–Crippen MR) is 177 cm³/mol. The Morgan fingerprint density at radius 2 is 1.49 bits per heavy atom. The molecule has 3 aromatic rings. The van der Waals surface area contributed by atoms with Crippen molar-refractivity contribution in [3.63, 3.8) is 0 Å². The zero-order valence-electron chi connectivity index (χ0n) is 27.5. The molecular formula is C37H43F3N4O5. The number of carbonyl (C=O) groups excluding carboxylic acids is 2. The molecule has 0 saturated carbocycles. The van der Waals surface area contributed by atoms with Crippen LogP contribution in [-0.4, -0.2) is 89.2 Å². The molecule has 0 spiro atoms. The summed E-state index contributed by atoms with van der Waals surface area (Å²) in [6, 6.07) is 23.9. The summed E-state index contributed by atoms with van der Waals surface area (Å²) in [5.41, 5.74) is 4.22. The van der Waals surface area contributed by atoms with Crippen LogP contribution in [0.4, 0.5) is 18.9 Å². The Morgan fingerprint density at radius 3 is 2.14 bits per heavy atom. The van der Waals surface area contributed by atoms with E-state index in [1.807, 2.05) is 30.3 Å². The number of likely N-dealkylation sites (tertiary alicyclic amines) is 1. The summed E-state index contributed by atoms with van der Waals surface area (Å²) < 4.78 is 52.4. The van der Waals surface area contributed by atoms with Gasteiger partial charge in [-0.1, -0.05) is 73.7 Å². The van der Waals surface area contributed by atoms with Gasteiger partial charge in [0.2, 0.25) is 5.91 Å². The Hall–Kier alpha value is -3.81. The van der Waals surface area contributed by atoms with Gasteiger partial charge in [-0.15, -0.1) is 0 Å². The lowest BCUT2D eigenvalue weighted by atomic mass is 9.90. The normalized spacial score (nSPS) is 25.3. The van der Waals surface area contributed by atoms with E-state index >= 15 is 0 Å². The van der Waals surface area contributed by atoms with Gasteiger partial charge in [0, 0.05) is 63.0 Å². The number of benzene rings is 3. The average Bonchev–Trinajstić information content (AvgIpc) is 3.60. The number of hydrogen-bond donors (Lipinski definition) is 2. The maximum absolute atomic E-state index is 13.1. The van der Waals surface area contributed by atoms with Crippen LogP contribution in [0.25, 0.3) is 0 Å². The number of rotatable bonds is 9. The summed E-state index contributed by atoms with van der Waals surface area (Å²) in [6.45, 7) is 7.37. The fourth-order valence-corrected chi connectivity index (χ4v) is 6.95. The average molecular weight is 681 g/mol. The Morgan fingerprint density at radius 1 is 0.837 bits per heavy atom. The van der Waals surface area contributed by atoms with E-state index in [1.54, 1.807) is 24.3 Å². The van der Waals surface area contributed by atoms with Crippen molar-refractivity contribution in [2.75, 3.05) is 44.6 Å². The first kappa shape index (κ1) is 35.0. The maximum atomic E-state index is 13.1. The van der Waals surface area contributed by atoms with Crippen LogP contribution in [0.2, 0.25) is 0 Å². The van der Waals surface area contributed by atoms with Gasteiger partial charge in [0.1, 0.15) is 6.04 Å². The molecule has 0 aliphatic carbocycles. The van der Waals surface area contributed by atoms with Crippen LogP contribution in [0.15, 0.2) is 78.9 Å². The summed E-state index contributed by atoms with van der Waals surface area (Å²) >= 11 is 0. The molecule has 5 atom stereocenters. The second-order valence-electron chi connectivity index (χ2n) is 13.1. The largest absolute Gasteiger partial charge is 0.471 e. The molecule has 0 radical (unpaired) electrons. The van der Waals surface area contributed by atoms with Gasteiger partial charge in [-0.05, 0) is 41.7 Å². The third-order valence-corrected chi connectivity index (χ3v) is 9.78. The van der Waals surface area contributed by atoms with Crippen molar-refractivity contribution in [3.8, 4) is 0 Å². The first-order chi connectivity index (χ1) is 23.6. The SMILES string of the molecule is CC1C(CN2CCN(Cc3ccccc3)CC2)OC(c2ccc(NC(=O)C3CCCN3C(=O)C(F)(F)F)cc2)OC1c1ccc(CO)cc1. The van der Waals surface area contributed by atoms with E-state index in [2.05, 4.69) is 46.3 Å². The van der Waals surface area contributed by atoms with Gasteiger partial charge in [-0.2, -0.15) is 13.2 Å². The lowest BCUT2D eigenvalue weighted by molar-refractivity contribution is -0.276. The number of amides is 2. The lowest BCUT2D eigenvalue weighted by Crippen LogP contribution is -2.51. The minimum Gasteiger partial charge on any atom is -0.392 e. The van der Waals surface area contributed by atoms with Crippen LogP contribution >= 0.6 is 0 Å².